The number of nitrogens with one attached hydrogen (secondary N) is 1. The second-order valence-corrected chi connectivity index (χ2v) is 10.0. The molecule has 0 radical (unpaired) electrons. The Balaban J connectivity index is 1.26. The predicted octanol–water partition coefficient (Wildman–Crippen LogP) is 1.94. The summed E-state index contributed by atoms with van der Waals surface area (Å²) in [5.41, 5.74) is 2.24. The largest absolute Gasteiger partial charge is 0.410 e. The van der Waals surface area contributed by atoms with Gasteiger partial charge in [0.2, 0.25) is 15.9 Å². The van der Waals surface area contributed by atoms with Gasteiger partial charge in [0.1, 0.15) is 5.69 Å². The van der Waals surface area contributed by atoms with Gasteiger partial charge in [-0.25, -0.2) is 8.42 Å². The number of aromatic nitrogens is 3. The fourth-order valence-electron chi connectivity index (χ4n) is 3.22. The highest BCUT2D eigenvalue weighted by Crippen LogP contribution is 2.23. The molecule has 3 aromatic rings. The smallest absolute Gasteiger partial charge is 0.277 e. The summed E-state index contributed by atoms with van der Waals surface area (Å²) in [5, 5.41) is 11.0. The van der Waals surface area contributed by atoms with Crippen molar-refractivity contribution in [3.8, 4) is 11.6 Å². The first-order valence-corrected chi connectivity index (χ1v) is 12.7. The van der Waals surface area contributed by atoms with Crippen molar-refractivity contribution in [2.75, 3.05) is 48.4 Å². The number of carbonyl (C=O) groups is 1. The molecule has 1 aliphatic rings. The van der Waals surface area contributed by atoms with E-state index in [4.69, 9.17) is 4.42 Å². The third-order valence-electron chi connectivity index (χ3n) is 4.84. The molecule has 10 nitrogen and oxygen atoms in total. The number of thioether (sulfide) groups is 1. The molecule has 1 fully saturated rings. The summed E-state index contributed by atoms with van der Waals surface area (Å²) in [4.78, 5) is 18.5. The number of sulfonamides is 1. The lowest BCUT2D eigenvalue weighted by atomic mass is 10.2. The molecule has 1 amide bonds. The van der Waals surface area contributed by atoms with E-state index >= 15 is 0 Å². The number of benzene rings is 1. The van der Waals surface area contributed by atoms with Crippen LogP contribution >= 0.6 is 11.8 Å². The Morgan fingerprint density at radius 3 is 2.50 bits per heavy atom. The predicted molar refractivity (Wildman–Crippen MR) is 122 cm³/mol. The van der Waals surface area contributed by atoms with Crippen LogP contribution in [0, 0.1) is 0 Å². The summed E-state index contributed by atoms with van der Waals surface area (Å²) in [6.45, 7) is 2.18. The van der Waals surface area contributed by atoms with E-state index in [-0.39, 0.29) is 11.7 Å². The van der Waals surface area contributed by atoms with Crippen molar-refractivity contribution in [2.45, 2.75) is 5.22 Å². The molecule has 4 rings (SSSR count). The fourth-order valence-corrected chi connectivity index (χ4v) is 4.61. The standard InChI is InChI=1S/C20H22N6O4S2/c1-32(28,29)26-12-10-25(11-13-26)16-7-5-15(6-8-16)22-18(27)14-31-20-24-23-19(30-20)17-4-2-3-9-21-17/h2-9H,10-14H2,1H3,(H,22,27). The third-order valence-corrected chi connectivity index (χ3v) is 6.96. The molecule has 1 N–H and O–H groups in total. The van der Waals surface area contributed by atoms with Crippen molar-refractivity contribution in [1.82, 2.24) is 19.5 Å². The van der Waals surface area contributed by atoms with Crippen LogP contribution in [0.2, 0.25) is 0 Å². The van der Waals surface area contributed by atoms with Crippen molar-refractivity contribution in [3.63, 3.8) is 0 Å². The first kappa shape index (κ1) is 22.2. The highest BCUT2D eigenvalue weighted by Gasteiger charge is 2.23. The molecule has 1 aliphatic heterocycles. The van der Waals surface area contributed by atoms with Crippen LogP contribution in [0.15, 0.2) is 58.3 Å². The fraction of sp³-hybridized carbons (Fsp3) is 0.300. The number of hydrogen-bond acceptors (Lipinski definition) is 9. The van der Waals surface area contributed by atoms with Gasteiger partial charge in [-0.15, -0.1) is 10.2 Å². The quantitative estimate of drug-likeness (QED) is 0.512. The summed E-state index contributed by atoms with van der Waals surface area (Å²) in [6, 6.07) is 12.9. The Morgan fingerprint density at radius 2 is 1.84 bits per heavy atom. The Labute approximate surface area is 190 Å². The van der Waals surface area contributed by atoms with Crippen LogP contribution in [-0.2, 0) is 14.8 Å². The van der Waals surface area contributed by atoms with E-state index in [1.807, 2.05) is 30.3 Å². The van der Waals surface area contributed by atoms with Gasteiger partial charge in [0.05, 0.1) is 12.0 Å². The lowest BCUT2D eigenvalue weighted by Crippen LogP contribution is -2.48. The first-order valence-electron chi connectivity index (χ1n) is 9.86. The number of pyridine rings is 1. The monoisotopic (exact) mass is 474 g/mol. The lowest BCUT2D eigenvalue weighted by Gasteiger charge is -2.34. The number of rotatable bonds is 7. The second kappa shape index (κ2) is 9.67. The zero-order valence-corrected chi connectivity index (χ0v) is 19.0. The topological polar surface area (TPSA) is 122 Å². The van der Waals surface area contributed by atoms with Gasteiger partial charge in [-0.3, -0.25) is 9.78 Å². The van der Waals surface area contributed by atoms with Gasteiger partial charge in [0, 0.05) is 43.8 Å². The summed E-state index contributed by atoms with van der Waals surface area (Å²) in [5.74, 6) is 0.238. The molecule has 12 heteroatoms. The molecule has 0 spiro atoms. The van der Waals surface area contributed by atoms with E-state index in [2.05, 4.69) is 25.4 Å². The normalized spacial score (nSPS) is 15.0. The summed E-state index contributed by atoms with van der Waals surface area (Å²) >= 11 is 1.15. The van der Waals surface area contributed by atoms with E-state index in [1.165, 1.54) is 10.6 Å². The molecule has 1 saturated heterocycles. The van der Waals surface area contributed by atoms with Gasteiger partial charge in [0.15, 0.2) is 0 Å². The van der Waals surface area contributed by atoms with Crippen LogP contribution in [0.3, 0.4) is 0 Å². The zero-order chi connectivity index (χ0) is 22.6. The van der Waals surface area contributed by atoms with Crippen molar-refractivity contribution in [1.29, 1.82) is 0 Å². The van der Waals surface area contributed by atoms with Gasteiger partial charge in [-0.05, 0) is 36.4 Å². The van der Waals surface area contributed by atoms with Crippen molar-refractivity contribution in [3.05, 3.63) is 48.7 Å². The minimum Gasteiger partial charge on any atom is -0.410 e. The zero-order valence-electron chi connectivity index (χ0n) is 17.3. The molecule has 0 saturated carbocycles. The number of carbonyl (C=O) groups excluding carboxylic acids is 1. The molecule has 0 aliphatic carbocycles. The Morgan fingerprint density at radius 1 is 1.09 bits per heavy atom. The summed E-state index contributed by atoms with van der Waals surface area (Å²) < 4.78 is 30.3. The van der Waals surface area contributed by atoms with E-state index < -0.39 is 10.0 Å². The molecule has 0 unspecified atom stereocenters. The molecular weight excluding hydrogens is 452 g/mol. The number of nitrogens with zero attached hydrogens (tertiary/aromatic N) is 5. The van der Waals surface area contributed by atoms with Crippen LogP contribution in [0.4, 0.5) is 11.4 Å². The maximum atomic E-state index is 12.3. The number of hydrogen-bond donors (Lipinski definition) is 1. The van der Waals surface area contributed by atoms with Gasteiger partial charge in [-0.1, -0.05) is 17.8 Å². The molecule has 168 valence electrons. The Hall–Kier alpha value is -2.96. The van der Waals surface area contributed by atoms with Crippen LogP contribution in [0.25, 0.3) is 11.6 Å². The van der Waals surface area contributed by atoms with Crippen molar-refractivity contribution >= 4 is 39.1 Å². The summed E-state index contributed by atoms with van der Waals surface area (Å²) in [6.07, 6.45) is 2.87. The average molecular weight is 475 g/mol. The molecule has 32 heavy (non-hydrogen) atoms. The highest BCUT2D eigenvalue weighted by atomic mass is 32.2. The minimum absolute atomic E-state index is 0.124. The molecule has 2 aromatic heterocycles. The van der Waals surface area contributed by atoms with Crippen molar-refractivity contribution < 1.29 is 17.6 Å². The minimum atomic E-state index is -3.15. The molecule has 0 atom stereocenters. The van der Waals surface area contributed by atoms with Crippen LogP contribution in [0.1, 0.15) is 0 Å². The van der Waals surface area contributed by atoms with Crippen LogP contribution in [-0.4, -0.2) is 72.0 Å². The van der Waals surface area contributed by atoms with Crippen molar-refractivity contribution in [2.24, 2.45) is 0 Å². The lowest BCUT2D eigenvalue weighted by molar-refractivity contribution is -0.113. The number of piperazine rings is 1. The number of anilines is 2. The molecular formula is C20H22N6O4S2. The molecule has 3 heterocycles. The molecule has 0 bridgehead atoms. The van der Waals surface area contributed by atoms with E-state index in [1.54, 1.807) is 18.3 Å². The SMILES string of the molecule is CS(=O)(=O)N1CCN(c2ccc(NC(=O)CSc3nnc(-c4ccccn4)o3)cc2)CC1. The maximum Gasteiger partial charge on any atom is 0.277 e. The van der Waals surface area contributed by atoms with Crippen LogP contribution < -0.4 is 10.2 Å². The average Bonchev–Trinajstić information content (AvgIpc) is 3.28. The van der Waals surface area contributed by atoms with Gasteiger partial charge >= 0.3 is 0 Å². The maximum absolute atomic E-state index is 12.3. The van der Waals surface area contributed by atoms with Gasteiger partial charge < -0.3 is 14.6 Å². The second-order valence-electron chi connectivity index (χ2n) is 7.12. The van der Waals surface area contributed by atoms with E-state index in [9.17, 15) is 13.2 Å². The Bertz CT molecular complexity index is 1160. The number of amides is 1. The van der Waals surface area contributed by atoms with E-state index in [0.717, 1.165) is 17.4 Å². The van der Waals surface area contributed by atoms with E-state index in [0.29, 0.717) is 48.7 Å². The van der Waals surface area contributed by atoms with Gasteiger partial charge in [0.25, 0.3) is 11.1 Å². The third kappa shape index (κ3) is 5.64. The van der Waals surface area contributed by atoms with Crippen LogP contribution in [0.5, 0.6) is 0 Å². The first-order chi connectivity index (χ1) is 15.4. The highest BCUT2D eigenvalue weighted by molar-refractivity contribution is 7.99. The summed E-state index contributed by atoms with van der Waals surface area (Å²) in [7, 11) is -3.15. The Kier molecular flexibility index (Phi) is 6.72. The molecule has 1 aromatic carbocycles. The van der Waals surface area contributed by atoms with Gasteiger partial charge in [-0.2, -0.15) is 4.31 Å².